The Morgan fingerprint density at radius 2 is 2.26 bits per heavy atom. The summed E-state index contributed by atoms with van der Waals surface area (Å²) < 4.78 is 0. The number of carbonyl (C=O) groups excluding carboxylic acids is 1. The molecule has 122 valence electrons. The molecule has 0 spiro atoms. The van der Waals surface area contributed by atoms with Crippen LogP contribution in [0.4, 0.5) is 0 Å². The molecule has 0 bridgehead atoms. The highest BCUT2D eigenvalue weighted by Crippen LogP contribution is 2.32. The molecule has 2 heterocycles. The molecule has 3 rings (SSSR count). The number of fused-ring (bicyclic) bond motifs is 1. The Hall–Kier alpha value is -1.36. The molecule has 1 aliphatic rings. The van der Waals surface area contributed by atoms with Crippen molar-refractivity contribution in [1.82, 2.24) is 9.80 Å². The van der Waals surface area contributed by atoms with Crippen molar-refractivity contribution in [2.45, 2.75) is 25.9 Å². The molecule has 0 radical (unpaired) electrons. The maximum Gasteiger partial charge on any atom is 0.236 e. The molecule has 2 aromatic rings. The van der Waals surface area contributed by atoms with Crippen molar-refractivity contribution in [2.75, 3.05) is 20.1 Å². The normalized spacial score (nSPS) is 17.8. The zero-order valence-electron chi connectivity index (χ0n) is 13.5. The van der Waals surface area contributed by atoms with Gasteiger partial charge in [0.15, 0.2) is 0 Å². The molecule has 0 unspecified atom stereocenters. The second kappa shape index (κ2) is 7.04. The molecule has 0 saturated heterocycles. The first-order chi connectivity index (χ1) is 11.0. The lowest BCUT2D eigenvalue weighted by atomic mass is 10.0. The van der Waals surface area contributed by atoms with E-state index >= 15 is 0 Å². The lowest BCUT2D eigenvalue weighted by Gasteiger charge is -2.34. The average molecular weight is 349 g/mol. The largest absolute Gasteiger partial charge is 0.340 e. The quantitative estimate of drug-likeness (QED) is 0.834. The van der Waals surface area contributed by atoms with Gasteiger partial charge in [0, 0.05) is 36.1 Å². The van der Waals surface area contributed by atoms with Crippen LogP contribution in [-0.2, 0) is 17.8 Å². The van der Waals surface area contributed by atoms with Crippen molar-refractivity contribution in [1.29, 1.82) is 0 Å². The van der Waals surface area contributed by atoms with Gasteiger partial charge in [-0.05, 0) is 48.1 Å². The highest BCUT2D eigenvalue weighted by atomic mass is 35.5. The minimum atomic E-state index is 0.149. The molecule has 1 amide bonds. The van der Waals surface area contributed by atoms with Crippen molar-refractivity contribution in [3.63, 3.8) is 0 Å². The molecule has 0 N–H and O–H groups in total. The summed E-state index contributed by atoms with van der Waals surface area (Å²) in [6, 6.07) is 10.2. The van der Waals surface area contributed by atoms with E-state index in [0.717, 1.165) is 18.5 Å². The number of likely N-dealkylation sites (N-methyl/N-ethyl adjacent to an activating group) is 1. The third-order valence-corrected chi connectivity index (χ3v) is 5.71. The number of carbonyl (C=O) groups is 1. The number of hydrogen-bond acceptors (Lipinski definition) is 3. The molecule has 1 atom stereocenters. The second-order valence-electron chi connectivity index (χ2n) is 6.08. The fraction of sp³-hybridized carbons (Fsp3) is 0.389. The van der Waals surface area contributed by atoms with Gasteiger partial charge in [0.25, 0.3) is 0 Å². The summed E-state index contributed by atoms with van der Waals surface area (Å²) in [4.78, 5) is 18.1. The number of hydrogen-bond donors (Lipinski definition) is 0. The number of halogens is 1. The van der Waals surface area contributed by atoms with Crippen LogP contribution in [0, 0.1) is 0 Å². The van der Waals surface area contributed by atoms with E-state index in [2.05, 4.69) is 23.3 Å². The minimum Gasteiger partial charge on any atom is -0.340 e. The van der Waals surface area contributed by atoms with Gasteiger partial charge < -0.3 is 4.90 Å². The van der Waals surface area contributed by atoms with E-state index in [9.17, 15) is 4.79 Å². The van der Waals surface area contributed by atoms with Gasteiger partial charge in [-0.3, -0.25) is 9.69 Å². The smallest absolute Gasteiger partial charge is 0.236 e. The third-order valence-electron chi connectivity index (χ3n) is 4.48. The maximum atomic E-state index is 12.6. The maximum absolute atomic E-state index is 12.6. The molecule has 1 aliphatic heterocycles. The van der Waals surface area contributed by atoms with Gasteiger partial charge in [-0.15, -0.1) is 11.3 Å². The third kappa shape index (κ3) is 3.77. The number of thiophene rings is 1. The predicted molar refractivity (Wildman–Crippen MR) is 95.9 cm³/mol. The summed E-state index contributed by atoms with van der Waals surface area (Å²) in [6.07, 6.45) is 1.04. The molecule has 1 aromatic heterocycles. The van der Waals surface area contributed by atoms with E-state index in [1.807, 2.05) is 42.6 Å². The highest BCUT2D eigenvalue weighted by molar-refractivity contribution is 7.10. The van der Waals surface area contributed by atoms with Crippen LogP contribution in [0.2, 0.25) is 5.02 Å². The molecule has 23 heavy (non-hydrogen) atoms. The van der Waals surface area contributed by atoms with Crippen molar-refractivity contribution < 1.29 is 4.79 Å². The first-order valence-electron chi connectivity index (χ1n) is 7.83. The molecular weight excluding hydrogens is 328 g/mol. The molecule has 0 aliphatic carbocycles. The second-order valence-corrected chi connectivity index (χ2v) is 7.51. The Bertz CT molecular complexity index is 700. The Labute approximate surface area is 146 Å². The first-order valence-corrected chi connectivity index (χ1v) is 9.09. The zero-order chi connectivity index (χ0) is 16.4. The summed E-state index contributed by atoms with van der Waals surface area (Å²) in [5.41, 5.74) is 2.44. The van der Waals surface area contributed by atoms with E-state index in [-0.39, 0.29) is 5.91 Å². The van der Waals surface area contributed by atoms with E-state index < -0.39 is 0 Å². The summed E-state index contributed by atoms with van der Waals surface area (Å²) in [5, 5.41) is 2.86. The Morgan fingerprint density at radius 3 is 3.04 bits per heavy atom. The Morgan fingerprint density at radius 1 is 1.43 bits per heavy atom. The number of amides is 1. The standard InChI is InChI=1S/C18H21ClN2OS/c1-13-16-7-9-23-17(16)6-8-21(13)12-18(22)20(2)11-14-4-3-5-15(19)10-14/h3-5,7,9-10,13H,6,8,11-12H2,1-2H3/t13-/m1/s1. The SMILES string of the molecule is C[C@@H]1c2ccsc2CCN1CC(=O)N(C)Cc1cccc(Cl)c1. The van der Waals surface area contributed by atoms with Gasteiger partial charge in [0.05, 0.1) is 6.54 Å². The van der Waals surface area contributed by atoms with Crippen molar-refractivity contribution in [3.8, 4) is 0 Å². The van der Waals surface area contributed by atoms with Crippen LogP contribution in [0.1, 0.15) is 29.0 Å². The van der Waals surface area contributed by atoms with Crippen LogP contribution in [0.25, 0.3) is 0 Å². The van der Waals surface area contributed by atoms with Crippen LogP contribution in [0.5, 0.6) is 0 Å². The Balaban J connectivity index is 1.61. The summed E-state index contributed by atoms with van der Waals surface area (Å²) in [5.74, 6) is 0.149. The summed E-state index contributed by atoms with van der Waals surface area (Å²) >= 11 is 7.83. The predicted octanol–water partition coefficient (Wildman–Crippen LogP) is 3.98. The van der Waals surface area contributed by atoms with Crippen LogP contribution < -0.4 is 0 Å². The number of benzene rings is 1. The first kappa shape index (κ1) is 16.5. The lowest BCUT2D eigenvalue weighted by Crippen LogP contribution is -2.41. The highest BCUT2D eigenvalue weighted by Gasteiger charge is 2.26. The zero-order valence-corrected chi connectivity index (χ0v) is 15.0. The average Bonchev–Trinajstić information content (AvgIpc) is 2.99. The van der Waals surface area contributed by atoms with E-state index in [1.165, 1.54) is 10.4 Å². The van der Waals surface area contributed by atoms with E-state index in [1.54, 1.807) is 4.90 Å². The summed E-state index contributed by atoms with van der Waals surface area (Å²) in [7, 11) is 1.86. The summed E-state index contributed by atoms with van der Waals surface area (Å²) in [6.45, 7) is 4.19. The van der Waals surface area contributed by atoms with Crippen LogP contribution in [-0.4, -0.2) is 35.8 Å². The molecule has 1 aromatic carbocycles. The molecule has 5 heteroatoms. The van der Waals surface area contributed by atoms with Crippen LogP contribution in [0.15, 0.2) is 35.7 Å². The van der Waals surface area contributed by atoms with Gasteiger partial charge in [-0.1, -0.05) is 23.7 Å². The van der Waals surface area contributed by atoms with Crippen molar-refractivity contribution in [2.24, 2.45) is 0 Å². The van der Waals surface area contributed by atoms with Crippen LogP contribution >= 0.6 is 22.9 Å². The molecule has 0 saturated carbocycles. The fourth-order valence-electron chi connectivity index (χ4n) is 3.07. The van der Waals surface area contributed by atoms with E-state index in [0.29, 0.717) is 24.2 Å². The topological polar surface area (TPSA) is 23.6 Å². The minimum absolute atomic E-state index is 0.149. The number of rotatable bonds is 4. The van der Waals surface area contributed by atoms with Gasteiger partial charge in [-0.25, -0.2) is 0 Å². The van der Waals surface area contributed by atoms with Gasteiger partial charge in [-0.2, -0.15) is 0 Å². The fourth-order valence-corrected chi connectivity index (χ4v) is 4.24. The molecule has 0 fully saturated rings. The van der Waals surface area contributed by atoms with Gasteiger partial charge in [0.2, 0.25) is 5.91 Å². The lowest BCUT2D eigenvalue weighted by molar-refractivity contribution is -0.132. The Kier molecular flexibility index (Phi) is 5.05. The molecular formula is C18H21ClN2OS. The van der Waals surface area contributed by atoms with Gasteiger partial charge >= 0.3 is 0 Å². The van der Waals surface area contributed by atoms with E-state index in [4.69, 9.17) is 11.6 Å². The van der Waals surface area contributed by atoms with Crippen molar-refractivity contribution >= 4 is 28.8 Å². The van der Waals surface area contributed by atoms with Crippen molar-refractivity contribution in [3.05, 3.63) is 56.7 Å². The monoisotopic (exact) mass is 348 g/mol. The molecule has 3 nitrogen and oxygen atoms in total. The van der Waals surface area contributed by atoms with Gasteiger partial charge in [0.1, 0.15) is 0 Å². The van der Waals surface area contributed by atoms with Crippen LogP contribution in [0.3, 0.4) is 0 Å². The number of nitrogens with zero attached hydrogens (tertiary/aromatic N) is 2.